The first kappa shape index (κ1) is 55.6. The molecule has 0 aromatic rings. The van der Waals surface area contributed by atoms with Gasteiger partial charge < -0.3 is 64.2 Å². The largest absolute Gasteiger partial charge is 0.462 e. The van der Waals surface area contributed by atoms with Crippen LogP contribution in [0.4, 0.5) is 0 Å². The summed E-state index contributed by atoms with van der Waals surface area (Å²) in [7, 11) is 0. The molecule has 0 aromatic heterocycles. The fourth-order valence-electron chi connectivity index (χ4n) is 7.81. The SMILES string of the molecule is CCCCCCCCCCCCCCCCC(=O)OC(COC(=O)CCCCCCCCCCCCC)COC1OC(COC2OC(CO)C(O)C(O)C2O)C(O)C(O)C1O. The smallest absolute Gasteiger partial charge is 0.306 e. The van der Waals surface area contributed by atoms with E-state index in [-0.39, 0.29) is 26.1 Å². The highest BCUT2D eigenvalue weighted by atomic mass is 16.7. The normalized spacial score (nSPS) is 27.2. The van der Waals surface area contributed by atoms with Gasteiger partial charge in [-0.15, -0.1) is 0 Å². The van der Waals surface area contributed by atoms with Crippen LogP contribution < -0.4 is 0 Å². The summed E-state index contributed by atoms with van der Waals surface area (Å²) in [5.74, 6) is -0.915. The minimum atomic E-state index is -1.76. The standard InChI is InChI=1S/C46H86O15/c1-3-5-7-9-11-13-15-16-17-19-21-23-25-27-29-38(49)59-34(31-56-37(48)28-26-24-22-20-18-14-12-10-8-6-4-2)32-57-45-44(55)42(53)40(51)36(61-45)33-58-46-43(54)41(52)39(50)35(30-47)60-46/h34-36,39-47,50-55H,3-33H2,1-2H3. The summed E-state index contributed by atoms with van der Waals surface area (Å²) in [5.41, 5.74) is 0. The van der Waals surface area contributed by atoms with Gasteiger partial charge in [-0.05, 0) is 12.8 Å². The molecule has 0 bridgehead atoms. The average molecular weight is 879 g/mol. The zero-order valence-electron chi connectivity index (χ0n) is 37.7. The van der Waals surface area contributed by atoms with Gasteiger partial charge >= 0.3 is 11.9 Å². The minimum absolute atomic E-state index is 0.173. The summed E-state index contributed by atoms with van der Waals surface area (Å²) in [4.78, 5) is 25.6. The fourth-order valence-corrected chi connectivity index (χ4v) is 7.81. The van der Waals surface area contributed by atoms with E-state index in [4.69, 9.17) is 28.4 Å². The molecule has 7 N–H and O–H groups in total. The van der Waals surface area contributed by atoms with Crippen molar-refractivity contribution in [1.29, 1.82) is 0 Å². The molecule has 0 spiro atoms. The second-order valence-electron chi connectivity index (χ2n) is 17.3. The molecule has 2 aliphatic heterocycles. The van der Waals surface area contributed by atoms with Crippen LogP contribution in [-0.2, 0) is 38.0 Å². The first-order valence-corrected chi connectivity index (χ1v) is 24.1. The summed E-state index contributed by atoms with van der Waals surface area (Å²) in [6, 6.07) is 0. The van der Waals surface area contributed by atoms with Gasteiger partial charge in [0, 0.05) is 12.8 Å². The minimum Gasteiger partial charge on any atom is -0.462 e. The van der Waals surface area contributed by atoms with Crippen molar-refractivity contribution in [3.63, 3.8) is 0 Å². The van der Waals surface area contributed by atoms with Crippen LogP contribution in [0.15, 0.2) is 0 Å². The van der Waals surface area contributed by atoms with Crippen molar-refractivity contribution in [3.05, 3.63) is 0 Å². The van der Waals surface area contributed by atoms with Gasteiger partial charge in [0.15, 0.2) is 18.7 Å². The molecule has 2 aliphatic rings. The molecule has 0 aromatic carbocycles. The Morgan fingerprint density at radius 3 is 1.28 bits per heavy atom. The van der Waals surface area contributed by atoms with Crippen molar-refractivity contribution in [2.75, 3.05) is 26.4 Å². The van der Waals surface area contributed by atoms with E-state index < -0.39 is 92.7 Å². The average Bonchev–Trinajstić information content (AvgIpc) is 3.25. The topological polar surface area (TPSA) is 231 Å². The van der Waals surface area contributed by atoms with E-state index in [1.165, 1.54) is 109 Å². The Bertz CT molecular complexity index is 1080. The number of ether oxygens (including phenoxy) is 6. The molecule has 11 atom stereocenters. The van der Waals surface area contributed by atoms with Gasteiger partial charge in [-0.3, -0.25) is 9.59 Å². The van der Waals surface area contributed by atoms with Gasteiger partial charge in [0.25, 0.3) is 0 Å². The third-order valence-electron chi connectivity index (χ3n) is 11.8. The maximum atomic E-state index is 12.9. The monoisotopic (exact) mass is 879 g/mol. The number of hydrogen-bond donors (Lipinski definition) is 7. The highest BCUT2D eigenvalue weighted by Gasteiger charge is 2.47. The van der Waals surface area contributed by atoms with Crippen LogP contribution in [0.2, 0.25) is 0 Å². The number of aliphatic hydroxyl groups excluding tert-OH is 7. The second kappa shape index (κ2) is 34.8. The molecule has 11 unspecified atom stereocenters. The quantitative estimate of drug-likeness (QED) is 0.0295. The van der Waals surface area contributed by atoms with Crippen LogP contribution in [0.1, 0.15) is 187 Å². The molecule has 0 radical (unpaired) electrons. The molecule has 0 saturated carbocycles. The number of rotatable bonds is 37. The lowest BCUT2D eigenvalue weighted by Gasteiger charge is -2.42. The Balaban J connectivity index is 1.83. The van der Waals surface area contributed by atoms with Crippen LogP contribution >= 0.6 is 0 Å². The van der Waals surface area contributed by atoms with E-state index in [0.29, 0.717) is 12.8 Å². The molecule has 0 amide bonds. The van der Waals surface area contributed by atoms with Crippen LogP contribution in [0, 0.1) is 0 Å². The van der Waals surface area contributed by atoms with Gasteiger partial charge in [0.1, 0.15) is 55.4 Å². The van der Waals surface area contributed by atoms with Gasteiger partial charge in [0.2, 0.25) is 0 Å². The first-order valence-electron chi connectivity index (χ1n) is 24.1. The molecule has 0 aliphatic carbocycles. The number of esters is 2. The van der Waals surface area contributed by atoms with Gasteiger partial charge in [0.05, 0.1) is 19.8 Å². The highest BCUT2D eigenvalue weighted by Crippen LogP contribution is 2.26. The molecular formula is C46H86O15. The molecule has 2 saturated heterocycles. The number of unbranched alkanes of at least 4 members (excludes halogenated alkanes) is 23. The Kier molecular flexibility index (Phi) is 31.8. The Labute approximate surface area is 366 Å². The highest BCUT2D eigenvalue weighted by molar-refractivity contribution is 5.70. The fraction of sp³-hybridized carbons (Fsp3) is 0.957. The maximum Gasteiger partial charge on any atom is 0.306 e. The second-order valence-corrected chi connectivity index (χ2v) is 17.3. The maximum absolute atomic E-state index is 12.9. The molecule has 15 nitrogen and oxygen atoms in total. The zero-order chi connectivity index (χ0) is 44.7. The van der Waals surface area contributed by atoms with E-state index in [2.05, 4.69) is 13.8 Å². The molecular weight excluding hydrogens is 792 g/mol. The Morgan fingerprint density at radius 1 is 0.459 bits per heavy atom. The predicted octanol–water partition coefficient (Wildman–Crippen LogP) is 5.65. The number of carbonyl (C=O) groups excluding carboxylic acids is 2. The lowest BCUT2D eigenvalue weighted by Crippen LogP contribution is -2.61. The molecule has 360 valence electrons. The molecule has 2 rings (SSSR count). The summed E-state index contributed by atoms with van der Waals surface area (Å²) >= 11 is 0. The number of carbonyl (C=O) groups is 2. The van der Waals surface area contributed by atoms with Crippen molar-refractivity contribution in [3.8, 4) is 0 Å². The van der Waals surface area contributed by atoms with Crippen molar-refractivity contribution in [2.24, 2.45) is 0 Å². The predicted molar refractivity (Wildman–Crippen MR) is 229 cm³/mol. The van der Waals surface area contributed by atoms with E-state index in [1.54, 1.807) is 0 Å². The van der Waals surface area contributed by atoms with Gasteiger partial charge in [-0.1, -0.05) is 162 Å². The lowest BCUT2D eigenvalue weighted by atomic mass is 9.98. The van der Waals surface area contributed by atoms with Crippen LogP contribution in [0.5, 0.6) is 0 Å². The lowest BCUT2D eigenvalue weighted by molar-refractivity contribution is -0.332. The third-order valence-corrected chi connectivity index (χ3v) is 11.8. The first-order chi connectivity index (χ1) is 29.5. The summed E-state index contributed by atoms with van der Waals surface area (Å²) in [5, 5.41) is 71.9. The van der Waals surface area contributed by atoms with E-state index >= 15 is 0 Å². The molecule has 2 heterocycles. The van der Waals surface area contributed by atoms with E-state index in [9.17, 15) is 45.3 Å². The van der Waals surface area contributed by atoms with Crippen LogP contribution in [0.3, 0.4) is 0 Å². The summed E-state index contributed by atoms with van der Waals surface area (Å²) < 4.78 is 33.5. The Morgan fingerprint density at radius 2 is 0.836 bits per heavy atom. The number of aliphatic hydroxyl groups is 7. The zero-order valence-corrected chi connectivity index (χ0v) is 37.7. The van der Waals surface area contributed by atoms with Gasteiger partial charge in [-0.2, -0.15) is 0 Å². The van der Waals surface area contributed by atoms with Crippen LogP contribution in [-0.4, -0.2) is 142 Å². The van der Waals surface area contributed by atoms with Gasteiger partial charge in [-0.25, -0.2) is 0 Å². The van der Waals surface area contributed by atoms with Crippen LogP contribution in [0.25, 0.3) is 0 Å². The van der Waals surface area contributed by atoms with E-state index in [0.717, 1.165) is 38.5 Å². The van der Waals surface area contributed by atoms with Crippen molar-refractivity contribution in [2.45, 2.75) is 255 Å². The van der Waals surface area contributed by atoms with E-state index in [1.807, 2.05) is 0 Å². The van der Waals surface area contributed by atoms with Crippen molar-refractivity contribution in [1.82, 2.24) is 0 Å². The third kappa shape index (κ3) is 23.8. The molecule has 61 heavy (non-hydrogen) atoms. The number of hydrogen-bond acceptors (Lipinski definition) is 15. The Hall–Kier alpha value is -1.50. The summed E-state index contributed by atoms with van der Waals surface area (Å²) in [6.45, 7) is 2.59. The van der Waals surface area contributed by atoms with Crippen molar-refractivity contribution >= 4 is 11.9 Å². The molecule has 15 heteroatoms. The van der Waals surface area contributed by atoms with Crippen molar-refractivity contribution < 1.29 is 73.8 Å². The molecule has 2 fully saturated rings. The summed E-state index contributed by atoms with van der Waals surface area (Å²) in [6.07, 6.45) is 12.8.